The smallest absolute Gasteiger partial charge is 0.173 e. The first kappa shape index (κ1) is 18.5. The zero-order valence-corrected chi connectivity index (χ0v) is 17.8. The predicted molar refractivity (Wildman–Crippen MR) is 114 cm³/mol. The molecule has 2 atom stereocenters. The molecule has 0 spiro atoms. The van der Waals surface area contributed by atoms with Crippen LogP contribution in [0.5, 0.6) is 5.75 Å². The van der Waals surface area contributed by atoms with Crippen LogP contribution in [0.15, 0.2) is 63.2 Å². The number of nitrogens with zero attached hydrogens (tertiary/aromatic N) is 1. The van der Waals surface area contributed by atoms with Gasteiger partial charge in [0.1, 0.15) is 5.75 Å². The zero-order chi connectivity index (χ0) is 20.5. The lowest BCUT2D eigenvalue weighted by Gasteiger charge is -2.38. The van der Waals surface area contributed by atoms with Crippen LogP contribution >= 0.6 is 15.9 Å². The number of fused-ring (bicyclic) bond motifs is 3. The maximum Gasteiger partial charge on any atom is 0.173 e. The molecule has 29 heavy (non-hydrogen) atoms. The normalized spacial score (nSPS) is 24.7. The molecule has 0 unspecified atom stereocenters. The van der Waals surface area contributed by atoms with Crippen molar-refractivity contribution in [2.45, 2.75) is 32.6 Å². The first-order valence-electron chi connectivity index (χ1n) is 9.74. The van der Waals surface area contributed by atoms with Gasteiger partial charge in [0.05, 0.1) is 11.6 Å². The van der Waals surface area contributed by atoms with Crippen LogP contribution in [-0.4, -0.2) is 22.4 Å². The van der Waals surface area contributed by atoms with Crippen LogP contribution in [0.3, 0.4) is 0 Å². The van der Waals surface area contributed by atoms with Crippen LogP contribution in [0.4, 0.5) is 0 Å². The molecule has 0 bridgehead atoms. The third-order valence-electron chi connectivity index (χ3n) is 6.17. The van der Waals surface area contributed by atoms with E-state index < -0.39 is 11.8 Å². The Bertz CT molecular complexity index is 1160. The zero-order valence-electron chi connectivity index (χ0n) is 16.2. The Labute approximate surface area is 177 Å². The summed E-state index contributed by atoms with van der Waals surface area (Å²) in [7, 11) is 0. The third-order valence-corrected chi connectivity index (χ3v) is 6.66. The highest BCUT2D eigenvalue weighted by molar-refractivity contribution is 9.10. The SMILES string of the molecule is CC1(C)CC(=O)C2=C(C1)N=C1c3ccccc3C(=O)[C@H]1[C@H]2c1cc(Br)ccc1O. The topological polar surface area (TPSA) is 66.7 Å². The van der Waals surface area contributed by atoms with E-state index in [2.05, 4.69) is 29.8 Å². The molecule has 146 valence electrons. The second-order valence-electron chi connectivity index (χ2n) is 8.87. The number of aromatic hydroxyl groups is 1. The first-order valence-corrected chi connectivity index (χ1v) is 10.5. The standard InChI is InChI=1S/C24H20BrNO3/c1-24(2)10-16-20(18(28)11-24)19(15-9-12(25)7-8-17(15)27)21-22(26-16)13-5-3-4-6-14(13)23(21)29/h3-9,19,21,27H,10-11H2,1-2H3/t19-,21-/m0/s1. The molecule has 0 saturated carbocycles. The van der Waals surface area contributed by atoms with Gasteiger partial charge in [-0.2, -0.15) is 0 Å². The van der Waals surface area contributed by atoms with E-state index in [1.807, 2.05) is 30.3 Å². The number of hydrogen-bond acceptors (Lipinski definition) is 4. The number of ketones is 2. The number of allylic oxidation sites excluding steroid dienone is 2. The molecule has 2 aliphatic carbocycles. The molecule has 4 nitrogen and oxygen atoms in total. The number of carbonyl (C=O) groups excluding carboxylic acids is 2. The number of phenolic OH excluding ortho intramolecular Hbond substituents is 1. The maximum absolute atomic E-state index is 13.4. The summed E-state index contributed by atoms with van der Waals surface area (Å²) < 4.78 is 0.795. The molecule has 0 fully saturated rings. The number of hydrogen-bond donors (Lipinski definition) is 1. The lowest BCUT2D eigenvalue weighted by Crippen LogP contribution is -2.37. The van der Waals surface area contributed by atoms with Crippen LogP contribution in [0.2, 0.25) is 0 Å². The Balaban J connectivity index is 1.80. The number of halogens is 1. The van der Waals surface area contributed by atoms with E-state index in [9.17, 15) is 14.7 Å². The van der Waals surface area contributed by atoms with Gasteiger partial charge in [-0.1, -0.05) is 54.0 Å². The first-order chi connectivity index (χ1) is 13.8. The molecule has 0 radical (unpaired) electrons. The van der Waals surface area contributed by atoms with Gasteiger partial charge >= 0.3 is 0 Å². The highest BCUT2D eigenvalue weighted by atomic mass is 79.9. The van der Waals surface area contributed by atoms with Crippen molar-refractivity contribution in [1.29, 1.82) is 0 Å². The Morgan fingerprint density at radius 1 is 1.03 bits per heavy atom. The molecule has 1 N–H and O–H groups in total. The molecule has 5 rings (SSSR count). The summed E-state index contributed by atoms with van der Waals surface area (Å²) in [6, 6.07) is 12.7. The van der Waals surface area contributed by atoms with Crippen LogP contribution in [0.25, 0.3) is 0 Å². The Kier molecular flexibility index (Phi) is 3.97. The van der Waals surface area contributed by atoms with Crippen molar-refractivity contribution in [2.75, 3.05) is 0 Å². The Morgan fingerprint density at radius 3 is 2.52 bits per heavy atom. The number of Topliss-reactive ketones (excluding diaryl/α,β-unsaturated/α-hetero) is 2. The highest BCUT2D eigenvalue weighted by Crippen LogP contribution is 2.52. The summed E-state index contributed by atoms with van der Waals surface area (Å²) in [5.41, 5.74) is 3.96. The fourth-order valence-corrected chi connectivity index (χ4v) is 5.37. The Hall–Kier alpha value is -2.53. The van der Waals surface area contributed by atoms with Gasteiger partial charge in [-0.25, -0.2) is 0 Å². The molecule has 0 saturated heterocycles. The van der Waals surface area contributed by atoms with Gasteiger partial charge in [-0.15, -0.1) is 0 Å². The van der Waals surface area contributed by atoms with Crippen molar-refractivity contribution < 1.29 is 14.7 Å². The molecule has 2 aromatic carbocycles. The van der Waals surface area contributed by atoms with E-state index in [-0.39, 0.29) is 22.7 Å². The van der Waals surface area contributed by atoms with E-state index in [1.54, 1.807) is 12.1 Å². The number of aliphatic imine (C=N–C) groups is 1. The minimum atomic E-state index is -0.587. The lowest BCUT2D eigenvalue weighted by atomic mass is 9.66. The van der Waals surface area contributed by atoms with Crippen LogP contribution in [0.1, 0.15) is 54.1 Å². The van der Waals surface area contributed by atoms with Crippen LogP contribution in [0, 0.1) is 11.3 Å². The molecular formula is C24H20BrNO3. The van der Waals surface area contributed by atoms with Crippen molar-refractivity contribution in [1.82, 2.24) is 0 Å². The quantitative estimate of drug-likeness (QED) is 0.650. The van der Waals surface area contributed by atoms with E-state index in [4.69, 9.17) is 4.99 Å². The summed E-state index contributed by atoms with van der Waals surface area (Å²) in [4.78, 5) is 31.6. The van der Waals surface area contributed by atoms with Gasteiger partial charge in [0.15, 0.2) is 11.6 Å². The van der Waals surface area contributed by atoms with Crippen molar-refractivity contribution in [3.05, 3.63) is 74.9 Å². The van der Waals surface area contributed by atoms with Crippen LogP contribution in [-0.2, 0) is 4.79 Å². The van der Waals surface area contributed by atoms with Gasteiger partial charge in [0.2, 0.25) is 0 Å². The second kappa shape index (κ2) is 6.23. The Morgan fingerprint density at radius 2 is 1.76 bits per heavy atom. The van der Waals surface area contributed by atoms with Crippen molar-refractivity contribution >= 4 is 33.2 Å². The van der Waals surface area contributed by atoms with Crippen LogP contribution < -0.4 is 0 Å². The van der Waals surface area contributed by atoms with E-state index in [1.165, 1.54) is 0 Å². The lowest BCUT2D eigenvalue weighted by molar-refractivity contribution is -0.118. The molecule has 3 aliphatic rings. The summed E-state index contributed by atoms with van der Waals surface area (Å²) in [5.74, 6) is -1.04. The van der Waals surface area contributed by atoms with Crippen molar-refractivity contribution in [2.24, 2.45) is 16.3 Å². The highest BCUT2D eigenvalue weighted by Gasteiger charge is 2.50. The molecular weight excluding hydrogens is 430 g/mol. The average Bonchev–Trinajstić information content (AvgIpc) is 2.94. The van der Waals surface area contributed by atoms with Gasteiger partial charge in [0, 0.05) is 44.8 Å². The van der Waals surface area contributed by atoms with E-state index in [0.717, 1.165) is 21.4 Å². The van der Waals surface area contributed by atoms with Crippen molar-refractivity contribution in [3.63, 3.8) is 0 Å². The minimum Gasteiger partial charge on any atom is -0.508 e. The molecule has 1 heterocycles. The fraction of sp³-hybridized carbons (Fsp3) is 0.292. The van der Waals surface area contributed by atoms with Gasteiger partial charge < -0.3 is 5.11 Å². The number of benzene rings is 2. The maximum atomic E-state index is 13.4. The second-order valence-corrected chi connectivity index (χ2v) is 9.78. The van der Waals surface area contributed by atoms with E-state index >= 15 is 0 Å². The summed E-state index contributed by atoms with van der Waals surface area (Å²) in [6.07, 6.45) is 1.09. The monoisotopic (exact) mass is 449 g/mol. The minimum absolute atomic E-state index is 0.0205. The van der Waals surface area contributed by atoms with Gasteiger partial charge in [-0.05, 0) is 30.0 Å². The summed E-state index contributed by atoms with van der Waals surface area (Å²) in [5, 5.41) is 10.7. The van der Waals surface area contributed by atoms with E-state index in [0.29, 0.717) is 29.5 Å². The number of rotatable bonds is 1. The average molecular weight is 450 g/mol. The summed E-state index contributed by atoms with van der Waals surface area (Å²) >= 11 is 3.47. The fourth-order valence-electron chi connectivity index (χ4n) is 5.00. The third kappa shape index (κ3) is 2.75. The van der Waals surface area contributed by atoms with Gasteiger partial charge in [-0.3, -0.25) is 14.6 Å². The molecule has 5 heteroatoms. The molecule has 1 aliphatic heterocycles. The van der Waals surface area contributed by atoms with Gasteiger partial charge in [0.25, 0.3) is 0 Å². The molecule has 0 amide bonds. The number of carbonyl (C=O) groups is 2. The molecule has 2 aromatic rings. The van der Waals surface area contributed by atoms with Crippen molar-refractivity contribution in [3.8, 4) is 5.75 Å². The molecule has 0 aromatic heterocycles. The summed E-state index contributed by atoms with van der Waals surface area (Å²) in [6.45, 7) is 4.14. The predicted octanol–water partition coefficient (Wildman–Crippen LogP) is 5.20. The largest absolute Gasteiger partial charge is 0.508 e. The number of phenols is 1.